The van der Waals surface area contributed by atoms with Crippen LogP contribution in [0.2, 0.25) is 0 Å². The van der Waals surface area contributed by atoms with E-state index in [-0.39, 0.29) is 5.41 Å². The van der Waals surface area contributed by atoms with Crippen LogP contribution in [0.1, 0.15) is 26.3 Å². The Hall–Kier alpha value is -10.2. The molecule has 1 atom stereocenters. The zero-order valence-electron chi connectivity index (χ0n) is 49.8. The molecular formula is C82H60N5OPPt. The molecule has 0 bridgehead atoms. The third-order valence-electron chi connectivity index (χ3n) is 17.6. The molecule has 0 spiro atoms. The molecule has 0 saturated carbocycles. The summed E-state index contributed by atoms with van der Waals surface area (Å²) >= 11 is 2.59. The molecular weight excluding hydrogens is 1300 g/mol. The predicted octanol–water partition coefficient (Wildman–Crippen LogP) is 21.0. The molecule has 4 aromatic heterocycles. The van der Waals surface area contributed by atoms with Crippen LogP contribution in [0.3, 0.4) is 0 Å². The van der Waals surface area contributed by atoms with E-state index in [0.29, 0.717) is 5.75 Å². The predicted molar refractivity (Wildman–Crippen MR) is 374 cm³/mol. The van der Waals surface area contributed by atoms with Crippen molar-refractivity contribution in [2.75, 3.05) is 0 Å². The first-order chi connectivity index (χ1) is 44.1. The molecule has 0 fully saturated rings. The topological polar surface area (TPSA) is 41.8 Å². The summed E-state index contributed by atoms with van der Waals surface area (Å²) < 4.78 is 17.7. The molecule has 16 aromatic rings. The molecule has 16 rings (SSSR count). The maximum atomic E-state index is 7.04. The number of hydrogen-bond acceptors (Lipinski definition) is 2. The number of nitrogens with zero attached hydrogens (tertiary/aromatic N) is 5. The van der Waals surface area contributed by atoms with Crippen molar-refractivity contribution in [3.05, 3.63) is 307 Å². The summed E-state index contributed by atoms with van der Waals surface area (Å²) in [5.74, 6) is 2.32. The summed E-state index contributed by atoms with van der Waals surface area (Å²) in [6.07, 6.45) is 1.93. The number of benzene rings is 12. The number of para-hydroxylation sites is 5. The van der Waals surface area contributed by atoms with Gasteiger partial charge >= 0.3 is 483 Å². The van der Waals surface area contributed by atoms with Crippen LogP contribution in [-0.2, 0) is 24.8 Å². The minimum absolute atomic E-state index is 0.0484. The Labute approximate surface area is 535 Å². The van der Waals surface area contributed by atoms with E-state index >= 15 is 0 Å². The fourth-order valence-electron chi connectivity index (χ4n) is 13.5. The fourth-order valence-corrected chi connectivity index (χ4v) is 15.0. The van der Waals surface area contributed by atoms with Gasteiger partial charge in [0.15, 0.2) is 0 Å². The van der Waals surface area contributed by atoms with E-state index < -0.39 is 0 Å². The summed E-state index contributed by atoms with van der Waals surface area (Å²) in [6.45, 7) is 6.74. The zero-order valence-corrected chi connectivity index (χ0v) is 53.3. The Morgan fingerprint density at radius 1 is 0.356 bits per heavy atom. The van der Waals surface area contributed by atoms with Crippen molar-refractivity contribution in [2.45, 2.75) is 26.2 Å². The van der Waals surface area contributed by atoms with Crippen LogP contribution in [-0.4, -0.2) is 23.3 Å². The molecule has 0 saturated heterocycles. The van der Waals surface area contributed by atoms with Gasteiger partial charge in [-0.2, -0.15) is 0 Å². The summed E-state index contributed by atoms with van der Waals surface area (Å²) in [5, 5.41) is 5.79. The first-order valence-electron chi connectivity index (χ1n) is 30.5. The summed E-state index contributed by atoms with van der Waals surface area (Å²) in [6, 6.07) is 105. The molecule has 0 amide bonds. The van der Waals surface area contributed by atoms with Gasteiger partial charge in [-0.15, -0.1) is 0 Å². The molecule has 90 heavy (non-hydrogen) atoms. The summed E-state index contributed by atoms with van der Waals surface area (Å²) in [5.41, 5.74) is 21.9. The minimum atomic E-state index is -0.0484. The van der Waals surface area contributed by atoms with Gasteiger partial charge < -0.3 is 0 Å². The van der Waals surface area contributed by atoms with Crippen LogP contribution >= 0.6 is 9.24 Å². The van der Waals surface area contributed by atoms with E-state index in [2.05, 4.69) is 359 Å². The Morgan fingerprint density at radius 3 is 1.40 bits per heavy atom. The van der Waals surface area contributed by atoms with Crippen molar-refractivity contribution < 1.29 is 24.1 Å². The first kappa shape index (κ1) is 55.1. The van der Waals surface area contributed by atoms with Gasteiger partial charge in [-0.05, 0) is 17.0 Å². The van der Waals surface area contributed by atoms with Crippen molar-refractivity contribution in [3.63, 3.8) is 0 Å². The second-order valence-corrected chi connectivity index (χ2v) is 25.7. The molecule has 1 unspecified atom stereocenters. The molecule has 8 heteroatoms. The van der Waals surface area contributed by atoms with Crippen molar-refractivity contribution in [3.8, 4) is 90.0 Å². The van der Waals surface area contributed by atoms with Crippen LogP contribution in [0.25, 0.3) is 133 Å². The first-order valence-corrected chi connectivity index (χ1v) is 32.2. The molecule has 6 nitrogen and oxygen atoms in total. The van der Waals surface area contributed by atoms with E-state index in [1.54, 1.807) is 0 Å². The van der Waals surface area contributed by atoms with Crippen molar-refractivity contribution in [1.82, 2.24) is 23.3 Å². The van der Waals surface area contributed by atoms with Gasteiger partial charge in [0.05, 0.1) is 0 Å². The normalized spacial score (nSPS) is 11.8. The van der Waals surface area contributed by atoms with E-state index in [9.17, 15) is 0 Å². The molecule has 0 radical (unpaired) electrons. The number of hydrogen-bond donors (Lipinski definition) is 0. The second-order valence-electron chi connectivity index (χ2n) is 24.0. The van der Waals surface area contributed by atoms with E-state index in [0.717, 1.165) is 137 Å². The fraction of sp³-hybridized carbons (Fsp3) is 0.0488. The average molecular weight is 1360 g/mol. The van der Waals surface area contributed by atoms with Gasteiger partial charge in [-0.1, -0.05) is 32.9 Å². The molecule has 0 N–H and O–H groups in total. The average Bonchev–Trinajstić information content (AvgIpc) is 1.41. The molecule has 434 valence electrons. The van der Waals surface area contributed by atoms with E-state index in [1.165, 1.54) is 16.3 Å². The molecule has 12 aromatic carbocycles. The third kappa shape index (κ3) is 9.41. The van der Waals surface area contributed by atoms with Gasteiger partial charge in [-0.3, -0.25) is 0 Å². The van der Waals surface area contributed by atoms with Gasteiger partial charge in [0.25, 0.3) is 0 Å². The Kier molecular flexibility index (Phi) is 13.7. The van der Waals surface area contributed by atoms with Crippen LogP contribution in [0.5, 0.6) is 11.5 Å². The monoisotopic (exact) mass is 1360 g/mol. The van der Waals surface area contributed by atoms with Gasteiger partial charge in [-0.25, -0.2) is 0 Å². The Morgan fingerprint density at radius 2 is 0.822 bits per heavy atom. The van der Waals surface area contributed by atoms with Crippen molar-refractivity contribution in [2.24, 2.45) is 0 Å². The van der Waals surface area contributed by atoms with E-state index in [1.807, 2.05) is 6.20 Å². The Bertz CT molecular complexity index is 5430. The quantitative estimate of drug-likeness (QED) is 0.121. The number of pyridine rings is 1. The molecule has 0 aliphatic rings. The van der Waals surface area contributed by atoms with Crippen molar-refractivity contribution in [1.29, 1.82) is 0 Å². The maximum absolute atomic E-state index is 7.04. The zero-order chi connectivity index (χ0) is 60.6. The van der Waals surface area contributed by atoms with Crippen LogP contribution < -0.4 is 10.0 Å². The summed E-state index contributed by atoms with van der Waals surface area (Å²) in [4.78, 5) is 4.97. The molecule has 4 heterocycles. The molecule has 0 aliphatic heterocycles. The van der Waals surface area contributed by atoms with Crippen molar-refractivity contribution >= 4 is 69.2 Å². The van der Waals surface area contributed by atoms with E-state index in [4.69, 9.17) is 9.72 Å². The number of aromatic nitrogens is 5. The molecule has 0 aliphatic carbocycles. The van der Waals surface area contributed by atoms with Gasteiger partial charge in [0.1, 0.15) is 0 Å². The number of fused-ring (bicyclic) bond motifs is 7. The van der Waals surface area contributed by atoms with Gasteiger partial charge in [0.2, 0.25) is 0 Å². The summed E-state index contributed by atoms with van der Waals surface area (Å²) in [7, 11) is 3.16. The number of imidazole rings is 1. The third-order valence-corrected chi connectivity index (χ3v) is 19.1. The van der Waals surface area contributed by atoms with Crippen LogP contribution in [0.15, 0.2) is 297 Å². The van der Waals surface area contributed by atoms with Crippen LogP contribution in [0.4, 0.5) is 0 Å². The van der Waals surface area contributed by atoms with Gasteiger partial charge in [0, 0.05) is 6.20 Å². The standard InChI is InChI=1S/C82H60N5OP.Pt/c1-82(2,3)57-46-47-83-78(48-57)87-73-40-18-15-34-67(73)68-45-44-61(52-76(68)87)88-60-31-21-30-58(49-60)84-53-85(75-42-20-19-41-74(75)84)81-69(79-62(54-24-7-4-8-25-54)35-22-36-63(79)55-26-9-5-10-27-55)50-59(86-71-38-16-13-32-65(71)66-33-14-17-39-72(66)86)51-70(81)80-64(37-23-43-77(80)89)56-28-11-6-12-29-56;/h4-52H,89H2,1-3H3;. The van der Waals surface area contributed by atoms with Crippen LogP contribution in [0, 0.1) is 3.80 Å². The Balaban J connectivity index is 0.976. The number of rotatable bonds is 11. The number of ether oxygens (including phenoxy) is 1. The second kappa shape index (κ2) is 22.4. The SMILES string of the molecule is CC(C)(C)c1ccnc(-n2c3ccccc3c3ccc(Oc4cccc(-n5[c](=[Pt])n(-c6c(-c7c(P)cccc7-c7ccccc7)cc(-n7c8ccccc8c8ccccc87)cc6-c6c(-c7ccccc7)cccc6-c6ccccc6)c6ccccc65)c4)cc32)c1.